The average molecular weight is 1410 g/mol. The average Bonchev–Trinajstić information content (AvgIpc) is 1.75. The Bertz CT molecular complexity index is 2530. The van der Waals surface area contributed by atoms with Crippen molar-refractivity contribution >= 4 is 54.2 Å². The van der Waals surface area contributed by atoms with E-state index in [1.165, 1.54) is 0 Å². The molecule has 0 aliphatic carbocycles. The molecule has 0 bridgehead atoms. The van der Waals surface area contributed by atoms with E-state index in [1.54, 1.807) is 96.6 Å². The summed E-state index contributed by atoms with van der Waals surface area (Å²) in [5.74, 6) is 1.55. The first kappa shape index (κ1) is 84.1. The van der Waals surface area contributed by atoms with Gasteiger partial charge in [-0.2, -0.15) is 5.09 Å². The van der Waals surface area contributed by atoms with Gasteiger partial charge in [0, 0.05) is 68.8 Å². The number of carbonyl (C=O) groups excluding carboxylic acids is 3. The van der Waals surface area contributed by atoms with Crippen LogP contribution in [0, 0.1) is 29.6 Å². The molecule has 4 unspecified atom stereocenters. The highest BCUT2D eigenvalue weighted by Gasteiger charge is 2.46. The zero-order chi connectivity index (χ0) is 69.9. The minimum absolute atomic E-state index is 0.0188. The maximum absolute atomic E-state index is 13.1. The molecule has 93 heavy (non-hydrogen) atoms. The van der Waals surface area contributed by atoms with Crippen molar-refractivity contribution in [3.63, 3.8) is 0 Å². The Morgan fingerprint density at radius 3 is 1.49 bits per heavy atom. The quantitative estimate of drug-likeness (QED) is 0.0371. The Hall–Kier alpha value is -3.11. The maximum atomic E-state index is 13.1. The second-order valence-electron chi connectivity index (χ2n) is 25.5. The summed E-state index contributed by atoms with van der Waals surface area (Å²) in [5, 5.41) is 42.3. The van der Waals surface area contributed by atoms with Gasteiger partial charge in [-0.3, -0.25) is 18.9 Å². The first-order valence-corrected chi connectivity index (χ1v) is 37.0. The molecule has 0 spiro atoms. The van der Waals surface area contributed by atoms with Crippen LogP contribution in [0.1, 0.15) is 122 Å². The normalized spacial score (nSPS) is 31.4. The predicted molar refractivity (Wildman–Crippen MR) is 352 cm³/mol. The first-order chi connectivity index (χ1) is 43.7. The van der Waals surface area contributed by atoms with Crippen molar-refractivity contribution in [3.05, 3.63) is 60.7 Å². The van der Waals surface area contributed by atoms with Crippen molar-refractivity contribution in [3.8, 4) is 11.5 Å². The van der Waals surface area contributed by atoms with E-state index in [0.717, 1.165) is 12.8 Å². The maximum Gasteiger partial charge on any atom is 0.459 e. The summed E-state index contributed by atoms with van der Waals surface area (Å²) in [4.78, 5) is 35.4. The fraction of sp³-hybridized carbons (Fsp3) is 0.766. The number of rotatable bonds is 20. The van der Waals surface area contributed by atoms with Gasteiger partial charge in [-0.25, -0.2) is 9.13 Å². The number of likely N-dealkylation sites (N-methyl/N-ethyl adjacent to an activating group) is 1. The second kappa shape index (κ2) is 42.0. The molecule has 2 aromatic carbocycles. The molecule has 19 atom stereocenters. The van der Waals surface area contributed by atoms with E-state index in [0.29, 0.717) is 67.6 Å². The molecule has 0 radical (unpaired) electrons. The zero-order valence-corrected chi connectivity index (χ0v) is 60.3. The lowest BCUT2D eigenvalue weighted by molar-refractivity contribution is -0.155. The van der Waals surface area contributed by atoms with Crippen molar-refractivity contribution < 1.29 is 105 Å². The van der Waals surface area contributed by atoms with Crippen LogP contribution in [0.5, 0.6) is 11.5 Å². The zero-order valence-electron chi connectivity index (χ0n) is 57.0. The monoisotopic (exact) mass is 1400 g/mol. The molecule has 0 aromatic heterocycles. The van der Waals surface area contributed by atoms with Gasteiger partial charge in [0.05, 0.1) is 75.8 Å². The Kier molecular flexibility index (Phi) is 38.0. The number of esters is 3. The van der Waals surface area contributed by atoms with Gasteiger partial charge in [0.15, 0.2) is 0 Å². The summed E-state index contributed by atoms with van der Waals surface area (Å²) < 4.78 is 94.3. The van der Waals surface area contributed by atoms with Gasteiger partial charge < -0.3 is 87.9 Å². The van der Waals surface area contributed by atoms with Crippen molar-refractivity contribution in [2.24, 2.45) is 35.3 Å². The van der Waals surface area contributed by atoms with E-state index in [9.17, 15) is 33.7 Å². The SMILES string of the molecule is CC(C)[C@H]1CC(OC(=O)[C@H](C)N)[C@@H](CO)O1.CC(C)[C@H]1CC2OC(=O)[C@H](C)NP(=O)(Oc3ccccc3)OC[C@H]2O1.CC(C)[C@H]1C[C@H](O)[C@@H](CO)O1.CN[C@@H](C)C(=O)OC1C[C@H](C(C)C)O[C@@H]1COC.COC[C@H]1O[C@@H](C(C)C)C[C@@H]1O.O=P(Cl)(Cl)Oc1ccccc1. The third-order valence-electron chi connectivity index (χ3n) is 15.9. The largest absolute Gasteiger partial charge is 0.459 e. The lowest BCUT2D eigenvalue weighted by Gasteiger charge is -2.22. The number of hydrogen-bond acceptors (Lipinski definition) is 24. The van der Waals surface area contributed by atoms with E-state index < -0.39 is 62.3 Å². The summed E-state index contributed by atoms with van der Waals surface area (Å²) in [7, 11) is 1.24. The fourth-order valence-corrected chi connectivity index (χ4v) is 12.4. The van der Waals surface area contributed by atoms with Crippen LogP contribution in [0.25, 0.3) is 0 Å². The Balaban J connectivity index is 0.000000300. The van der Waals surface area contributed by atoms with Crippen molar-refractivity contribution in [1.29, 1.82) is 0 Å². The molecule has 8 N–H and O–H groups in total. The molecular weight excluding hydrogens is 1300 g/mol. The molecular formula is C64H109Cl2N3O22P2. The lowest BCUT2D eigenvalue weighted by Crippen LogP contribution is -2.38. The molecule has 2 aromatic rings. The number of benzene rings is 2. The minimum Gasteiger partial charge on any atom is -0.458 e. The number of nitrogens with two attached hydrogens (primary N) is 1. The van der Waals surface area contributed by atoms with E-state index in [1.807, 2.05) is 33.8 Å². The summed E-state index contributed by atoms with van der Waals surface area (Å²) >= 11 is 10.3. The van der Waals surface area contributed by atoms with Crippen LogP contribution in [-0.4, -0.2) is 202 Å². The first-order valence-electron chi connectivity index (χ1n) is 32.1. The van der Waals surface area contributed by atoms with Crippen molar-refractivity contribution in [2.75, 3.05) is 54.3 Å². The molecule has 6 aliphatic rings. The van der Waals surface area contributed by atoms with Gasteiger partial charge in [-0.05, 0) is 81.7 Å². The molecule has 25 nitrogen and oxygen atoms in total. The minimum atomic E-state index is -3.75. The van der Waals surface area contributed by atoms with Gasteiger partial charge in [0.1, 0.15) is 78.5 Å². The number of nitrogens with one attached hydrogen (secondary N) is 2. The topological polar surface area (TPSA) is 336 Å². The third kappa shape index (κ3) is 29.9. The Morgan fingerprint density at radius 2 is 1.05 bits per heavy atom. The molecule has 6 aliphatic heterocycles. The van der Waals surface area contributed by atoms with Crippen LogP contribution in [0.2, 0.25) is 0 Å². The molecule has 6 heterocycles. The molecule has 0 saturated carbocycles. The number of carbonyl (C=O) groups is 3. The van der Waals surface area contributed by atoms with Crippen molar-refractivity contribution in [1.82, 2.24) is 10.4 Å². The number of halogens is 2. The highest BCUT2D eigenvalue weighted by atomic mass is 35.9. The number of aliphatic hydroxyl groups is 4. The molecule has 6 saturated heterocycles. The van der Waals surface area contributed by atoms with Crippen LogP contribution in [0.4, 0.5) is 0 Å². The van der Waals surface area contributed by atoms with Crippen LogP contribution in [-0.2, 0) is 75.4 Å². The number of aliphatic hydroxyl groups excluding tert-OH is 4. The summed E-state index contributed by atoms with van der Waals surface area (Å²) in [6.45, 7) is 26.4. The third-order valence-corrected chi connectivity index (χ3v) is 18.4. The second-order valence-corrected chi connectivity index (χ2v) is 31.4. The summed E-state index contributed by atoms with van der Waals surface area (Å²) in [6.07, 6.45) is -2.97. The molecule has 8 rings (SSSR count). The van der Waals surface area contributed by atoms with E-state index in [4.69, 9.17) is 94.8 Å². The number of ether oxygens (including phenoxy) is 10. The van der Waals surface area contributed by atoms with Gasteiger partial charge in [-0.15, -0.1) is 0 Å². The Morgan fingerprint density at radius 1 is 0.634 bits per heavy atom. The number of fused-ring (bicyclic) bond motifs is 1. The smallest absolute Gasteiger partial charge is 0.458 e. The van der Waals surface area contributed by atoms with Crippen LogP contribution >= 0.6 is 36.3 Å². The molecule has 536 valence electrons. The van der Waals surface area contributed by atoms with Crippen LogP contribution in [0.15, 0.2) is 60.7 Å². The molecule has 29 heteroatoms. The standard InChI is InChI=1S/C17H24NO6P.C13H25NO4.C11H21NO4.C9H18O3.C8H16O3.C6H5Cl2O2P/c1-11(2)14-9-15-16(22-14)10-21-25(20,18-12(3)17(19)23-15)24-13-7-5-4-6-8-13;1-8(2)10-6-11(12(17-10)7-16-5)18-13(15)9(3)14-4;1-6(2)8-4-9(10(5-13)15-8)16-11(14)7(3)12;1-6(2)8-4-7(10)9(12-8)5-11-3;1-5(2)7-3-6(10)8(4-9)11-7;7-11(8,9)10-6-4-2-1-3-5-6/h4-8,11-12,14-16H,9-10H2,1-3H3,(H,18,20);8-12,14H,6-7H2,1-5H3;6-10,13H,4-5,12H2,1-3H3;6-10H,4-5H2,1-3H3;5-10H,3-4H2,1-2H3;1-5H/t12-,14+,15?,16+,25?;9-,10+,11?,12+;7-,8+,9?,10+;7-,8+,9+;6-,7+,8+;/m00000./s1. The number of hydrogen-bond donors (Lipinski definition) is 7. The van der Waals surface area contributed by atoms with Gasteiger partial charge in [-0.1, -0.05) is 106 Å². The number of para-hydroxylation sites is 2. The fourth-order valence-electron chi connectivity index (χ4n) is 10.0. The predicted octanol–water partition coefficient (Wildman–Crippen LogP) is 8.54. The van der Waals surface area contributed by atoms with E-state index >= 15 is 0 Å². The Labute approximate surface area is 560 Å². The van der Waals surface area contributed by atoms with Gasteiger partial charge in [0.25, 0.3) is 0 Å². The lowest BCUT2D eigenvalue weighted by atomic mass is 10.0. The highest BCUT2D eigenvalue weighted by Crippen LogP contribution is 2.57. The van der Waals surface area contributed by atoms with Gasteiger partial charge in [0.2, 0.25) is 0 Å². The molecule has 0 amide bonds. The van der Waals surface area contributed by atoms with Gasteiger partial charge >= 0.3 is 31.7 Å². The molecule has 6 fully saturated rings. The summed E-state index contributed by atoms with van der Waals surface area (Å²) in [6, 6.07) is 15.4. The van der Waals surface area contributed by atoms with E-state index in [-0.39, 0.29) is 105 Å². The van der Waals surface area contributed by atoms with Crippen LogP contribution in [0.3, 0.4) is 0 Å². The number of methoxy groups -OCH3 is 2. The van der Waals surface area contributed by atoms with E-state index in [2.05, 4.69) is 56.5 Å². The highest BCUT2D eigenvalue weighted by molar-refractivity contribution is 8.05. The summed E-state index contributed by atoms with van der Waals surface area (Å²) in [5.41, 5.74) is 5.42. The van der Waals surface area contributed by atoms with Crippen LogP contribution < -0.4 is 25.2 Å². The van der Waals surface area contributed by atoms with Crippen molar-refractivity contribution in [2.45, 2.75) is 232 Å².